The SMILES string of the molecule is CC(C)n1c(-c2cccnc2)cnc1Cl. The molecule has 2 aromatic rings. The Morgan fingerprint density at radius 3 is 2.73 bits per heavy atom. The Labute approximate surface area is 93.7 Å². The molecule has 0 saturated heterocycles. The zero-order valence-electron chi connectivity index (χ0n) is 8.68. The minimum absolute atomic E-state index is 0.287. The number of halogens is 1. The predicted octanol–water partition coefficient (Wildman–Crippen LogP) is 3.18. The number of imidazole rings is 1. The van der Waals surface area contributed by atoms with Gasteiger partial charge >= 0.3 is 0 Å². The molecule has 0 spiro atoms. The molecule has 0 N–H and O–H groups in total. The molecular formula is C11H12ClN3. The molecule has 0 aromatic carbocycles. The number of nitrogens with zero attached hydrogens (tertiary/aromatic N) is 3. The first-order chi connectivity index (χ1) is 7.20. The summed E-state index contributed by atoms with van der Waals surface area (Å²) in [5.74, 6) is 0. The molecule has 0 fully saturated rings. The van der Waals surface area contributed by atoms with Crippen molar-refractivity contribution < 1.29 is 0 Å². The summed E-state index contributed by atoms with van der Waals surface area (Å²) in [5, 5.41) is 0.517. The molecule has 0 amide bonds. The van der Waals surface area contributed by atoms with Crippen molar-refractivity contribution in [3.8, 4) is 11.3 Å². The van der Waals surface area contributed by atoms with Crippen LogP contribution in [0.3, 0.4) is 0 Å². The Morgan fingerprint density at radius 1 is 1.33 bits per heavy atom. The molecule has 0 bridgehead atoms. The molecule has 0 unspecified atom stereocenters. The van der Waals surface area contributed by atoms with Gasteiger partial charge in [0.2, 0.25) is 5.28 Å². The van der Waals surface area contributed by atoms with E-state index in [1.165, 1.54) is 0 Å². The molecule has 78 valence electrons. The van der Waals surface area contributed by atoms with Gasteiger partial charge in [-0.25, -0.2) is 4.98 Å². The van der Waals surface area contributed by atoms with Gasteiger partial charge in [-0.15, -0.1) is 0 Å². The summed E-state index contributed by atoms with van der Waals surface area (Å²) in [6.45, 7) is 4.15. The number of pyridine rings is 1. The fraction of sp³-hybridized carbons (Fsp3) is 0.273. The van der Waals surface area contributed by atoms with Gasteiger partial charge in [0.15, 0.2) is 0 Å². The lowest BCUT2D eigenvalue weighted by atomic mass is 10.2. The van der Waals surface area contributed by atoms with E-state index in [4.69, 9.17) is 11.6 Å². The molecule has 0 aliphatic rings. The van der Waals surface area contributed by atoms with Crippen molar-refractivity contribution >= 4 is 11.6 Å². The van der Waals surface area contributed by atoms with Crippen molar-refractivity contribution in [2.24, 2.45) is 0 Å². The van der Waals surface area contributed by atoms with Crippen LogP contribution in [0.5, 0.6) is 0 Å². The second-order valence-electron chi connectivity index (χ2n) is 3.62. The molecule has 2 aromatic heterocycles. The van der Waals surface area contributed by atoms with E-state index in [-0.39, 0.29) is 6.04 Å². The highest BCUT2D eigenvalue weighted by Crippen LogP contribution is 2.25. The van der Waals surface area contributed by atoms with Gasteiger partial charge in [-0.3, -0.25) is 4.98 Å². The summed E-state index contributed by atoms with van der Waals surface area (Å²) in [6, 6.07) is 4.19. The van der Waals surface area contributed by atoms with Crippen LogP contribution in [-0.4, -0.2) is 14.5 Å². The molecule has 2 rings (SSSR count). The molecule has 3 nitrogen and oxygen atoms in total. The van der Waals surface area contributed by atoms with E-state index in [1.54, 1.807) is 12.4 Å². The van der Waals surface area contributed by atoms with E-state index in [9.17, 15) is 0 Å². The first kappa shape index (κ1) is 10.2. The minimum Gasteiger partial charge on any atom is -0.312 e. The Morgan fingerprint density at radius 2 is 2.13 bits per heavy atom. The Hall–Kier alpha value is -1.35. The van der Waals surface area contributed by atoms with Crippen molar-refractivity contribution in [2.75, 3.05) is 0 Å². The Bertz CT molecular complexity index is 448. The second kappa shape index (κ2) is 4.03. The van der Waals surface area contributed by atoms with E-state index in [1.807, 2.05) is 22.9 Å². The molecule has 0 aliphatic carbocycles. The van der Waals surface area contributed by atoms with Crippen LogP contribution in [0.25, 0.3) is 11.3 Å². The lowest BCUT2D eigenvalue weighted by Crippen LogP contribution is -2.02. The second-order valence-corrected chi connectivity index (χ2v) is 3.96. The van der Waals surface area contributed by atoms with Crippen LogP contribution < -0.4 is 0 Å². The predicted molar refractivity (Wildman–Crippen MR) is 60.9 cm³/mol. The minimum atomic E-state index is 0.287. The van der Waals surface area contributed by atoms with E-state index >= 15 is 0 Å². The van der Waals surface area contributed by atoms with Crippen LogP contribution in [0.1, 0.15) is 19.9 Å². The van der Waals surface area contributed by atoms with Gasteiger partial charge < -0.3 is 4.57 Å². The highest BCUT2D eigenvalue weighted by molar-refractivity contribution is 6.28. The fourth-order valence-corrected chi connectivity index (χ4v) is 1.89. The lowest BCUT2D eigenvalue weighted by molar-refractivity contribution is 0.606. The van der Waals surface area contributed by atoms with Gasteiger partial charge in [0, 0.05) is 24.0 Å². The van der Waals surface area contributed by atoms with E-state index in [2.05, 4.69) is 23.8 Å². The quantitative estimate of drug-likeness (QED) is 0.780. The zero-order valence-corrected chi connectivity index (χ0v) is 9.44. The Balaban J connectivity index is 2.54. The van der Waals surface area contributed by atoms with Gasteiger partial charge in [0.05, 0.1) is 11.9 Å². The maximum atomic E-state index is 6.02. The Kier molecular flexibility index (Phi) is 2.73. The molecule has 0 radical (unpaired) electrons. The largest absolute Gasteiger partial charge is 0.312 e. The third-order valence-corrected chi connectivity index (χ3v) is 2.51. The van der Waals surface area contributed by atoms with E-state index in [0.717, 1.165) is 11.3 Å². The third-order valence-electron chi connectivity index (χ3n) is 2.23. The van der Waals surface area contributed by atoms with Crippen molar-refractivity contribution in [1.29, 1.82) is 0 Å². The van der Waals surface area contributed by atoms with Crippen molar-refractivity contribution in [3.63, 3.8) is 0 Å². The van der Waals surface area contributed by atoms with Gasteiger partial charge in [0.1, 0.15) is 0 Å². The molecule has 0 atom stereocenters. The number of hydrogen-bond donors (Lipinski definition) is 0. The van der Waals surface area contributed by atoms with Crippen LogP contribution >= 0.6 is 11.6 Å². The highest BCUT2D eigenvalue weighted by Gasteiger charge is 2.12. The van der Waals surface area contributed by atoms with Gasteiger partial charge in [0.25, 0.3) is 0 Å². The van der Waals surface area contributed by atoms with Gasteiger partial charge in [-0.05, 0) is 37.6 Å². The van der Waals surface area contributed by atoms with Crippen LogP contribution in [0, 0.1) is 0 Å². The van der Waals surface area contributed by atoms with E-state index in [0.29, 0.717) is 5.28 Å². The molecule has 15 heavy (non-hydrogen) atoms. The molecule has 4 heteroatoms. The number of aromatic nitrogens is 3. The molecule has 0 aliphatic heterocycles. The zero-order chi connectivity index (χ0) is 10.8. The fourth-order valence-electron chi connectivity index (χ4n) is 1.56. The summed E-state index contributed by atoms with van der Waals surface area (Å²) >= 11 is 6.02. The molecule has 2 heterocycles. The van der Waals surface area contributed by atoms with Crippen molar-refractivity contribution in [1.82, 2.24) is 14.5 Å². The first-order valence-corrected chi connectivity index (χ1v) is 5.21. The van der Waals surface area contributed by atoms with Crippen LogP contribution in [0.4, 0.5) is 0 Å². The van der Waals surface area contributed by atoms with Gasteiger partial charge in [-0.1, -0.05) is 0 Å². The van der Waals surface area contributed by atoms with Gasteiger partial charge in [-0.2, -0.15) is 0 Å². The summed E-state index contributed by atoms with van der Waals surface area (Å²) in [4.78, 5) is 8.20. The van der Waals surface area contributed by atoms with Crippen LogP contribution in [0.15, 0.2) is 30.7 Å². The average Bonchev–Trinajstić information content (AvgIpc) is 2.61. The maximum absolute atomic E-state index is 6.02. The third kappa shape index (κ3) is 1.88. The summed E-state index contributed by atoms with van der Waals surface area (Å²) in [6.07, 6.45) is 5.34. The monoisotopic (exact) mass is 221 g/mol. The lowest BCUT2D eigenvalue weighted by Gasteiger charge is -2.12. The smallest absolute Gasteiger partial charge is 0.203 e. The van der Waals surface area contributed by atoms with Crippen LogP contribution in [-0.2, 0) is 0 Å². The summed E-state index contributed by atoms with van der Waals surface area (Å²) in [5.41, 5.74) is 2.04. The summed E-state index contributed by atoms with van der Waals surface area (Å²) in [7, 11) is 0. The van der Waals surface area contributed by atoms with Crippen molar-refractivity contribution in [2.45, 2.75) is 19.9 Å². The van der Waals surface area contributed by atoms with E-state index < -0.39 is 0 Å². The summed E-state index contributed by atoms with van der Waals surface area (Å²) < 4.78 is 1.98. The molecular weight excluding hydrogens is 210 g/mol. The number of rotatable bonds is 2. The van der Waals surface area contributed by atoms with Crippen LogP contribution in [0.2, 0.25) is 5.28 Å². The number of hydrogen-bond acceptors (Lipinski definition) is 2. The average molecular weight is 222 g/mol. The normalized spacial score (nSPS) is 10.9. The molecule has 0 saturated carbocycles. The topological polar surface area (TPSA) is 30.7 Å². The first-order valence-electron chi connectivity index (χ1n) is 4.83. The maximum Gasteiger partial charge on any atom is 0.203 e. The van der Waals surface area contributed by atoms with Crippen molar-refractivity contribution in [3.05, 3.63) is 36.0 Å². The highest BCUT2D eigenvalue weighted by atomic mass is 35.5. The standard InChI is InChI=1S/C11H12ClN3/c1-8(2)15-10(7-14-11(15)12)9-4-3-5-13-6-9/h3-8H,1-2H3.